The van der Waals surface area contributed by atoms with Gasteiger partial charge >= 0.3 is 0 Å². The van der Waals surface area contributed by atoms with Crippen LogP contribution in [0.15, 0.2) is 12.1 Å². The molecule has 21 heavy (non-hydrogen) atoms. The Morgan fingerprint density at radius 3 is 2.43 bits per heavy atom. The van der Waals surface area contributed by atoms with E-state index < -0.39 is 0 Å². The van der Waals surface area contributed by atoms with Crippen molar-refractivity contribution < 1.29 is 4.79 Å². The highest BCUT2D eigenvalue weighted by molar-refractivity contribution is 6.42. The van der Waals surface area contributed by atoms with Gasteiger partial charge in [0.2, 0.25) is 5.91 Å². The zero-order valence-electron chi connectivity index (χ0n) is 12.0. The minimum Gasteiger partial charge on any atom is -0.322 e. The number of anilines is 1. The van der Waals surface area contributed by atoms with Gasteiger partial charge in [-0.3, -0.25) is 9.69 Å². The van der Waals surface area contributed by atoms with Crippen LogP contribution in [0.2, 0.25) is 15.1 Å². The van der Waals surface area contributed by atoms with Crippen LogP contribution in [-0.4, -0.2) is 30.4 Å². The van der Waals surface area contributed by atoms with Crippen LogP contribution in [-0.2, 0) is 4.79 Å². The highest BCUT2D eigenvalue weighted by Crippen LogP contribution is 2.33. The van der Waals surface area contributed by atoms with Gasteiger partial charge in [0, 0.05) is 11.6 Å². The third kappa shape index (κ3) is 5.33. The van der Waals surface area contributed by atoms with Gasteiger partial charge in [-0.15, -0.1) is 0 Å². The van der Waals surface area contributed by atoms with Gasteiger partial charge in [-0.05, 0) is 43.9 Å². The van der Waals surface area contributed by atoms with Crippen molar-refractivity contribution >= 4 is 46.4 Å². The number of amides is 1. The molecule has 6 heteroatoms. The topological polar surface area (TPSA) is 32.3 Å². The molecule has 0 saturated heterocycles. The van der Waals surface area contributed by atoms with Gasteiger partial charge in [0.1, 0.15) is 0 Å². The van der Waals surface area contributed by atoms with Crippen LogP contribution in [0.25, 0.3) is 0 Å². The molecule has 0 spiro atoms. The number of carbonyl (C=O) groups excluding carboxylic acids is 1. The van der Waals surface area contributed by atoms with Gasteiger partial charge < -0.3 is 5.32 Å². The summed E-state index contributed by atoms with van der Waals surface area (Å²) in [6.45, 7) is 4.39. The molecule has 2 rings (SSSR count). The first-order chi connectivity index (χ1) is 9.99. The summed E-state index contributed by atoms with van der Waals surface area (Å²) in [4.78, 5) is 14.4. The van der Waals surface area contributed by atoms with E-state index in [1.54, 1.807) is 12.1 Å². The first-order valence-electron chi connectivity index (χ1n) is 7.16. The molecule has 1 fully saturated rings. The second-order valence-electron chi connectivity index (χ2n) is 5.47. The molecular weight excluding hydrogens is 331 g/mol. The molecule has 116 valence electrons. The molecule has 1 N–H and O–H groups in total. The Balaban J connectivity index is 1.96. The summed E-state index contributed by atoms with van der Waals surface area (Å²) in [7, 11) is 0. The van der Waals surface area contributed by atoms with Crippen LogP contribution in [0.3, 0.4) is 0 Å². The van der Waals surface area contributed by atoms with Crippen molar-refractivity contribution in [1.82, 2.24) is 4.90 Å². The van der Waals surface area contributed by atoms with Crippen LogP contribution in [0.5, 0.6) is 0 Å². The number of nitrogens with one attached hydrogen (secondary N) is 1. The Bertz CT molecular complexity index is 495. The highest BCUT2D eigenvalue weighted by atomic mass is 35.5. The number of hydrogen-bond acceptors (Lipinski definition) is 2. The van der Waals surface area contributed by atoms with Crippen LogP contribution >= 0.6 is 34.8 Å². The molecule has 0 aliphatic heterocycles. The number of benzene rings is 1. The summed E-state index contributed by atoms with van der Waals surface area (Å²) >= 11 is 18.0. The third-order valence-corrected chi connectivity index (χ3v) is 4.21. The lowest BCUT2D eigenvalue weighted by atomic mass is 10.3. The maximum atomic E-state index is 12.2. The largest absolute Gasteiger partial charge is 0.322 e. The average Bonchev–Trinajstić information content (AvgIpc) is 3.18. The zero-order chi connectivity index (χ0) is 15.4. The molecule has 0 unspecified atom stereocenters. The van der Waals surface area contributed by atoms with Crippen molar-refractivity contribution in [2.45, 2.75) is 26.2 Å². The van der Waals surface area contributed by atoms with E-state index in [1.807, 2.05) is 0 Å². The normalized spacial score (nSPS) is 14.5. The van der Waals surface area contributed by atoms with Crippen LogP contribution < -0.4 is 5.32 Å². The minimum atomic E-state index is -0.102. The van der Waals surface area contributed by atoms with Gasteiger partial charge in [0.05, 0.1) is 22.3 Å². The van der Waals surface area contributed by atoms with Crippen molar-refractivity contribution in [2.24, 2.45) is 5.92 Å². The summed E-state index contributed by atoms with van der Waals surface area (Å²) in [5.41, 5.74) is 0.426. The predicted octanol–water partition coefficient (Wildman–Crippen LogP) is 4.71. The Morgan fingerprint density at radius 1 is 1.29 bits per heavy atom. The summed E-state index contributed by atoms with van der Waals surface area (Å²) in [6, 6.07) is 3.14. The highest BCUT2D eigenvalue weighted by Gasteiger charge is 2.25. The molecule has 1 amide bonds. The SMILES string of the molecule is CCCN(CC(=O)Nc1c(Cl)cc(Cl)cc1Cl)CC1CC1. The van der Waals surface area contributed by atoms with Crippen molar-refractivity contribution in [3.8, 4) is 0 Å². The number of rotatable bonds is 7. The molecule has 1 aliphatic carbocycles. The van der Waals surface area contributed by atoms with Gasteiger partial charge in [-0.2, -0.15) is 0 Å². The zero-order valence-corrected chi connectivity index (χ0v) is 14.2. The molecule has 3 nitrogen and oxygen atoms in total. The van der Waals surface area contributed by atoms with Crippen molar-refractivity contribution in [3.05, 3.63) is 27.2 Å². The van der Waals surface area contributed by atoms with Crippen molar-refractivity contribution in [3.63, 3.8) is 0 Å². The second-order valence-corrected chi connectivity index (χ2v) is 6.72. The van der Waals surface area contributed by atoms with E-state index in [1.165, 1.54) is 12.8 Å². The van der Waals surface area contributed by atoms with Gasteiger partial charge in [-0.25, -0.2) is 0 Å². The van der Waals surface area contributed by atoms with E-state index in [9.17, 15) is 4.79 Å². The lowest BCUT2D eigenvalue weighted by Crippen LogP contribution is -2.35. The summed E-state index contributed by atoms with van der Waals surface area (Å²) in [6.07, 6.45) is 3.58. The van der Waals surface area contributed by atoms with Crippen molar-refractivity contribution in [2.75, 3.05) is 25.0 Å². The fourth-order valence-electron chi connectivity index (χ4n) is 2.26. The van der Waals surface area contributed by atoms with E-state index in [0.29, 0.717) is 27.3 Å². The molecule has 0 atom stereocenters. The molecule has 1 saturated carbocycles. The standard InChI is InChI=1S/C15H19Cl3N2O/c1-2-5-20(8-10-3-4-10)9-14(21)19-15-12(17)6-11(16)7-13(15)18/h6-7,10H,2-5,8-9H2,1H3,(H,19,21). The number of carbonyl (C=O) groups is 1. The fraction of sp³-hybridized carbons (Fsp3) is 0.533. The van der Waals surface area contributed by atoms with E-state index in [0.717, 1.165) is 25.4 Å². The first-order valence-corrected chi connectivity index (χ1v) is 8.29. The number of nitrogens with zero attached hydrogens (tertiary/aromatic N) is 1. The molecule has 0 radical (unpaired) electrons. The Hall–Kier alpha value is -0.480. The quantitative estimate of drug-likeness (QED) is 0.773. The lowest BCUT2D eigenvalue weighted by Gasteiger charge is -2.21. The average molecular weight is 350 g/mol. The molecule has 1 aromatic rings. The maximum absolute atomic E-state index is 12.2. The van der Waals surface area contributed by atoms with Crippen LogP contribution in [0.1, 0.15) is 26.2 Å². The van der Waals surface area contributed by atoms with Crippen LogP contribution in [0, 0.1) is 5.92 Å². The van der Waals surface area contributed by atoms with E-state index in [4.69, 9.17) is 34.8 Å². The smallest absolute Gasteiger partial charge is 0.238 e. The maximum Gasteiger partial charge on any atom is 0.238 e. The second kappa shape index (κ2) is 7.68. The van der Waals surface area contributed by atoms with Gasteiger partial charge in [0.25, 0.3) is 0 Å². The minimum absolute atomic E-state index is 0.102. The Labute approximate surface area is 140 Å². The van der Waals surface area contributed by atoms with E-state index >= 15 is 0 Å². The molecule has 1 aliphatic rings. The lowest BCUT2D eigenvalue weighted by molar-refractivity contribution is -0.117. The summed E-state index contributed by atoms with van der Waals surface area (Å²) in [5.74, 6) is 0.655. The van der Waals surface area contributed by atoms with Gasteiger partial charge in [-0.1, -0.05) is 41.7 Å². The number of halogens is 3. The monoisotopic (exact) mass is 348 g/mol. The van der Waals surface area contributed by atoms with E-state index in [-0.39, 0.29) is 5.91 Å². The third-order valence-electron chi connectivity index (χ3n) is 3.39. The molecule has 1 aromatic carbocycles. The molecule has 0 heterocycles. The Kier molecular flexibility index (Phi) is 6.18. The summed E-state index contributed by atoms with van der Waals surface area (Å²) in [5, 5.41) is 3.94. The molecular formula is C15H19Cl3N2O. The fourth-order valence-corrected chi connectivity index (χ4v) is 3.17. The summed E-state index contributed by atoms with van der Waals surface area (Å²) < 4.78 is 0. The van der Waals surface area contributed by atoms with Gasteiger partial charge in [0.15, 0.2) is 0 Å². The molecule has 0 aromatic heterocycles. The van der Waals surface area contributed by atoms with Crippen molar-refractivity contribution in [1.29, 1.82) is 0 Å². The van der Waals surface area contributed by atoms with E-state index in [2.05, 4.69) is 17.1 Å². The van der Waals surface area contributed by atoms with Crippen LogP contribution in [0.4, 0.5) is 5.69 Å². The first kappa shape index (κ1) is 16.9. The Morgan fingerprint density at radius 2 is 1.90 bits per heavy atom. The molecule has 0 bridgehead atoms. The predicted molar refractivity (Wildman–Crippen MR) is 89.6 cm³/mol. The number of hydrogen-bond donors (Lipinski definition) is 1.